The molecule has 2 rings (SSSR count). The van der Waals surface area contributed by atoms with E-state index in [0.717, 1.165) is 19.3 Å². The molecule has 0 bridgehead atoms. The predicted octanol–water partition coefficient (Wildman–Crippen LogP) is 1.97. The highest BCUT2D eigenvalue weighted by Gasteiger charge is 2.39. The summed E-state index contributed by atoms with van der Waals surface area (Å²) < 4.78 is 5.11. The second-order valence-electron chi connectivity index (χ2n) is 4.48. The van der Waals surface area contributed by atoms with E-state index in [9.17, 15) is 9.90 Å². The molecule has 17 heavy (non-hydrogen) atoms. The third-order valence-corrected chi connectivity index (χ3v) is 3.31. The molecule has 1 aromatic heterocycles. The van der Waals surface area contributed by atoms with Gasteiger partial charge in [0.15, 0.2) is 5.69 Å². The molecular weight excluding hydrogens is 218 g/mol. The van der Waals surface area contributed by atoms with Crippen molar-refractivity contribution in [2.75, 3.05) is 7.11 Å². The van der Waals surface area contributed by atoms with Crippen LogP contribution in [0.1, 0.15) is 42.6 Å². The number of hydrogen-bond donors (Lipinski definition) is 1. The molecule has 1 saturated carbocycles. The third-order valence-electron chi connectivity index (χ3n) is 3.31. The van der Waals surface area contributed by atoms with Crippen molar-refractivity contribution >= 4 is 5.78 Å². The monoisotopic (exact) mass is 235 g/mol. The topological polar surface area (TPSA) is 59.4 Å². The zero-order valence-corrected chi connectivity index (χ0v) is 9.98. The van der Waals surface area contributed by atoms with Gasteiger partial charge in [-0.25, -0.2) is 4.98 Å². The molecule has 1 aromatic rings. The normalized spacial score (nSPS) is 18.7. The molecular formula is C13H17NO3. The van der Waals surface area contributed by atoms with E-state index >= 15 is 0 Å². The number of ketones is 1. The first-order chi connectivity index (χ1) is 8.17. The minimum Gasteiger partial charge on any atom is -0.494 e. The van der Waals surface area contributed by atoms with Gasteiger partial charge in [-0.15, -0.1) is 0 Å². The summed E-state index contributed by atoms with van der Waals surface area (Å²) in [5, 5.41) is 10.4. The van der Waals surface area contributed by atoms with Crippen molar-refractivity contribution in [3.05, 3.63) is 24.0 Å². The summed E-state index contributed by atoms with van der Waals surface area (Å²) >= 11 is 0. The fourth-order valence-electron chi connectivity index (χ4n) is 2.31. The zero-order valence-electron chi connectivity index (χ0n) is 9.98. The molecule has 0 amide bonds. The van der Waals surface area contributed by atoms with Crippen molar-refractivity contribution in [3.8, 4) is 5.75 Å². The van der Waals surface area contributed by atoms with Crippen molar-refractivity contribution in [2.45, 2.75) is 37.7 Å². The van der Waals surface area contributed by atoms with Crippen molar-refractivity contribution in [1.29, 1.82) is 0 Å². The largest absolute Gasteiger partial charge is 0.494 e. The van der Waals surface area contributed by atoms with Crippen LogP contribution >= 0.6 is 0 Å². The summed E-state index contributed by atoms with van der Waals surface area (Å²) in [6, 6.07) is 3.40. The average molecular weight is 235 g/mol. The molecule has 0 radical (unpaired) electrons. The fourth-order valence-corrected chi connectivity index (χ4v) is 2.31. The van der Waals surface area contributed by atoms with Gasteiger partial charge in [-0.2, -0.15) is 0 Å². The Kier molecular flexibility index (Phi) is 3.43. The van der Waals surface area contributed by atoms with Gasteiger partial charge in [0.2, 0.25) is 5.78 Å². The van der Waals surface area contributed by atoms with Crippen LogP contribution < -0.4 is 4.74 Å². The van der Waals surface area contributed by atoms with E-state index in [1.54, 1.807) is 18.3 Å². The van der Waals surface area contributed by atoms with Gasteiger partial charge in [0.1, 0.15) is 11.4 Å². The Labute approximate surface area is 101 Å². The molecule has 4 nitrogen and oxygen atoms in total. The number of Topliss-reactive ketones (excluding diaryl/α,β-unsaturated/α-hetero) is 1. The molecule has 1 aliphatic rings. The second-order valence-corrected chi connectivity index (χ2v) is 4.48. The maximum atomic E-state index is 12.3. The maximum absolute atomic E-state index is 12.3. The van der Waals surface area contributed by atoms with Gasteiger partial charge in [0.25, 0.3) is 0 Å². The highest BCUT2D eigenvalue weighted by atomic mass is 16.5. The Morgan fingerprint density at radius 2 is 2.12 bits per heavy atom. The van der Waals surface area contributed by atoms with Crippen LogP contribution in [0, 0.1) is 0 Å². The SMILES string of the molecule is COc1cccnc1C(=O)C1(O)CCCCC1. The Morgan fingerprint density at radius 1 is 1.41 bits per heavy atom. The van der Waals surface area contributed by atoms with E-state index in [2.05, 4.69) is 4.98 Å². The number of pyridine rings is 1. The second kappa shape index (κ2) is 4.84. The van der Waals surface area contributed by atoms with Gasteiger partial charge in [0.05, 0.1) is 7.11 Å². The van der Waals surface area contributed by atoms with E-state index in [1.165, 1.54) is 7.11 Å². The van der Waals surface area contributed by atoms with Gasteiger partial charge in [-0.1, -0.05) is 19.3 Å². The number of hydrogen-bond acceptors (Lipinski definition) is 4. The zero-order chi connectivity index (χ0) is 12.3. The van der Waals surface area contributed by atoms with Gasteiger partial charge in [0, 0.05) is 6.20 Å². The van der Waals surface area contributed by atoms with Gasteiger partial charge < -0.3 is 9.84 Å². The number of carbonyl (C=O) groups excluding carboxylic acids is 1. The first kappa shape index (κ1) is 12.0. The van der Waals surface area contributed by atoms with Crippen LogP contribution in [0.4, 0.5) is 0 Å². The van der Waals surface area contributed by atoms with Crippen LogP contribution in [-0.2, 0) is 0 Å². The summed E-state index contributed by atoms with van der Waals surface area (Å²) in [7, 11) is 1.50. The van der Waals surface area contributed by atoms with Crippen molar-refractivity contribution in [3.63, 3.8) is 0 Å². The van der Waals surface area contributed by atoms with Crippen LogP contribution in [0.3, 0.4) is 0 Å². The van der Waals surface area contributed by atoms with Gasteiger partial charge >= 0.3 is 0 Å². The summed E-state index contributed by atoms with van der Waals surface area (Å²) in [5.41, 5.74) is -1.01. The van der Waals surface area contributed by atoms with Crippen LogP contribution in [0.25, 0.3) is 0 Å². The lowest BCUT2D eigenvalue weighted by Crippen LogP contribution is -2.41. The van der Waals surface area contributed by atoms with Crippen molar-refractivity contribution in [1.82, 2.24) is 4.98 Å². The molecule has 0 spiro atoms. The molecule has 0 saturated heterocycles. The van der Waals surface area contributed by atoms with E-state index < -0.39 is 5.60 Å². The number of rotatable bonds is 3. The lowest BCUT2D eigenvalue weighted by atomic mass is 9.80. The van der Waals surface area contributed by atoms with Gasteiger partial charge in [-0.05, 0) is 25.0 Å². The molecule has 1 heterocycles. The maximum Gasteiger partial charge on any atom is 0.216 e. The van der Waals surface area contributed by atoms with E-state index in [1.807, 2.05) is 0 Å². The number of aliphatic hydroxyl groups is 1. The number of nitrogens with zero attached hydrogens (tertiary/aromatic N) is 1. The molecule has 4 heteroatoms. The molecule has 92 valence electrons. The summed E-state index contributed by atoms with van der Waals surface area (Å²) in [6.45, 7) is 0. The lowest BCUT2D eigenvalue weighted by molar-refractivity contribution is 0.0109. The van der Waals surface area contributed by atoms with E-state index in [0.29, 0.717) is 18.6 Å². The summed E-state index contributed by atoms with van der Waals surface area (Å²) in [4.78, 5) is 16.3. The minimum atomic E-state index is -1.25. The highest BCUT2D eigenvalue weighted by molar-refractivity contribution is 6.02. The number of carbonyl (C=O) groups is 1. The molecule has 1 aliphatic carbocycles. The summed E-state index contributed by atoms with van der Waals surface area (Å²) in [5.74, 6) is 0.117. The predicted molar refractivity (Wildman–Crippen MR) is 63.2 cm³/mol. The average Bonchev–Trinajstić information content (AvgIpc) is 2.38. The minimum absolute atomic E-state index is 0.236. The molecule has 0 aliphatic heterocycles. The third kappa shape index (κ3) is 2.31. The van der Waals surface area contributed by atoms with Gasteiger partial charge in [-0.3, -0.25) is 4.79 Å². The standard InChI is InChI=1S/C13H17NO3/c1-17-10-6-5-9-14-11(10)12(15)13(16)7-3-2-4-8-13/h5-6,9,16H,2-4,7-8H2,1H3. The highest BCUT2D eigenvalue weighted by Crippen LogP contribution is 2.32. The quantitative estimate of drug-likeness (QED) is 0.814. The number of methoxy groups -OCH3 is 1. The van der Waals surface area contributed by atoms with Crippen LogP contribution in [0.5, 0.6) is 5.75 Å². The van der Waals surface area contributed by atoms with E-state index in [-0.39, 0.29) is 11.5 Å². The first-order valence-corrected chi connectivity index (χ1v) is 5.93. The molecule has 0 unspecified atom stereocenters. The Morgan fingerprint density at radius 3 is 2.76 bits per heavy atom. The molecule has 0 atom stereocenters. The first-order valence-electron chi connectivity index (χ1n) is 5.93. The van der Waals surface area contributed by atoms with E-state index in [4.69, 9.17) is 4.74 Å². The Bertz CT molecular complexity index is 411. The summed E-state index contributed by atoms with van der Waals surface area (Å²) in [6.07, 6.45) is 5.43. The Hall–Kier alpha value is -1.42. The molecule has 1 fully saturated rings. The van der Waals surface area contributed by atoms with Crippen molar-refractivity contribution in [2.24, 2.45) is 0 Å². The smallest absolute Gasteiger partial charge is 0.216 e. The van der Waals surface area contributed by atoms with Crippen LogP contribution in [-0.4, -0.2) is 28.6 Å². The molecule has 0 aromatic carbocycles. The number of ether oxygens (including phenoxy) is 1. The lowest BCUT2D eigenvalue weighted by Gasteiger charge is -2.30. The van der Waals surface area contributed by atoms with Crippen LogP contribution in [0.15, 0.2) is 18.3 Å². The van der Waals surface area contributed by atoms with Crippen LogP contribution in [0.2, 0.25) is 0 Å². The number of aromatic nitrogens is 1. The Balaban J connectivity index is 2.29. The molecule has 1 N–H and O–H groups in total. The fraction of sp³-hybridized carbons (Fsp3) is 0.538. The van der Waals surface area contributed by atoms with Crippen molar-refractivity contribution < 1.29 is 14.6 Å².